The molecule has 1 aromatic rings. The Bertz CT molecular complexity index is 417. The molecule has 1 amide bonds. The SMILES string of the molecule is CNC1CCN(C2CC2c2ccccc2)C1=O. The van der Waals surface area contributed by atoms with Crippen molar-refractivity contribution in [2.45, 2.75) is 30.8 Å². The second kappa shape index (κ2) is 4.15. The molecule has 3 nitrogen and oxygen atoms in total. The molecule has 3 unspecified atom stereocenters. The molecule has 0 radical (unpaired) electrons. The maximum absolute atomic E-state index is 12.1. The van der Waals surface area contributed by atoms with Crippen molar-refractivity contribution in [3.63, 3.8) is 0 Å². The number of likely N-dealkylation sites (tertiary alicyclic amines) is 1. The highest BCUT2D eigenvalue weighted by molar-refractivity contribution is 5.84. The molecule has 3 atom stereocenters. The van der Waals surface area contributed by atoms with Gasteiger partial charge < -0.3 is 10.2 Å². The number of nitrogens with zero attached hydrogens (tertiary/aromatic N) is 1. The Labute approximate surface area is 102 Å². The Morgan fingerprint density at radius 1 is 1.29 bits per heavy atom. The molecule has 3 heteroatoms. The standard InChI is InChI=1S/C14H18N2O/c1-15-12-7-8-16(14(12)17)13-9-11(13)10-5-3-2-4-6-10/h2-6,11-13,15H,7-9H2,1H3. The average Bonchev–Trinajstić information content (AvgIpc) is 3.08. The molecule has 1 N–H and O–H groups in total. The normalized spacial score (nSPS) is 31.9. The van der Waals surface area contributed by atoms with Crippen LogP contribution in [0.15, 0.2) is 30.3 Å². The van der Waals surface area contributed by atoms with E-state index in [1.54, 1.807) is 0 Å². The van der Waals surface area contributed by atoms with E-state index >= 15 is 0 Å². The predicted octanol–water partition coefficient (Wildman–Crippen LogP) is 1.36. The van der Waals surface area contributed by atoms with Crippen LogP contribution in [0.3, 0.4) is 0 Å². The lowest BCUT2D eigenvalue weighted by Gasteiger charge is -2.16. The van der Waals surface area contributed by atoms with E-state index in [9.17, 15) is 4.79 Å². The number of carbonyl (C=O) groups excluding carboxylic acids is 1. The molecule has 1 aliphatic carbocycles. The zero-order chi connectivity index (χ0) is 11.8. The summed E-state index contributed by atoms with van der Waals surface area (Å²) in [6.07, 6.45) is 2.08. The highest BCUT2D eigenvalue weighted by Gasteiger charge is 2.47. The van der Waals surface area contributed by atoms with Gasteiger partial charge in [0.05, 0.1) is 6.04 Å². The fourth-order valence-electron chi connectivity index (χ4n) is 2.88. The number of hydrogen-bond acceptors (Lipinski definition) is 2. The van der Waals surface area contributed by atoms with Gasteiger partial charge in [-0.3, -0.25) is 4.79 Å². The van der Waals surface area contributed by atoms with E-state index in [-0.39, 0.29) is 11.9 Å². The first-order valence-corrected chi connectivity index (χ1v) is 6.34. The zero-order valence-electron chi connectivity index (χ0n) is 10.1. The van der Waals surface area contributed by atoms with Gasteiger partial charge in [0, 0.05) is 18.5 Å². The number of hydrogen-bond donors (Lipinski definition) is 1. The first-order chi connectivity index (χ1) is 8.31. The van der Waals surface area contributed by atoms with Crippen LogP contribution in [0.25, 0.3) is 0 Å². The van der Waals surface area contributed by atoms with Crippen molar-refractivity contribution in [1.29, 1.82) is 0 Å². The van der Waals surface area contributed by atoms with E-state index in [0.29, 0.717) is 12.0 Å². The van der Waals surface area contributed by atoms with E-state index in [1.807, 2.05) is 13.1 Å². The Hall–Kier alpha value is -1.35. The van der Waals surface area contributed by atoms with Crippen molar-refractivity contribution in [2.75, 3.05) is 13.6 Å². The predicted molar refractivity (Wildman–Crippen MR) is 66.8 cm³/mol. The number of likely N-dealkylation sites (N-methyl/N-ethyl adjacent to an activating group) is 1. The Kier molecular flexibility index (Phi) is 2.63. The van der Waals surface area contributed by atoms with Gasteiger partial charge in [-0.15, -0.1) is 0 Å². The summed E-state index contributed by atoms with van der Waals surface area (Å²) < 4.78 is 0. The van der Waals surface area contributed by atoms with Gasteiger partial charge in [-0.2, -0.15) is 0 Å². The van der Waals surface area contributed by atoms with Crippen LogP contribution in [0.1, 0.15) is 24.3 Å². The first-order valence-electron chi connectivity index (χ1n) is 6.34. The van der Waals surface area contributed by atoms with Crippen LogP contribution in [0.5, 0.6) is 0 Å². The summed E-state index contributed by atoms with van der Waals surface area (Å²) in [7, 11) is 1.87. The summed E-state index contributed by atoms with van der Waals surface area (Å²) in [5.74, 6) is 0.853. The number of benzene rings is 1. The minimum Gasteiger partial charge on any atom is -0.338 e. The van der Waals surface area contributed by atoms with Crippen molar-refractivity contribution in [3.05, 3.63) is 35.9 Å². The molecule has 1 aliphatic heterocycles. The van der Waals surface area contributed by atoms with Crippen molar-refractivity contribution in [3.8, 4) is 0 Å². The summed E-state index contributed by atoms with van der Waals surface area (Å²) >= 11 is 0. The Morgan fingerprint density at radius 2 is 2.06 bits per heavy atom. The van der Waals surface area contributed by atoms with Crippen molar-refractivity contribution in [1.82, 2.24) is 10.2 Å². The molecule has 0 bridgehead atoms. The highest BCUT2D eigenvalue weighted by Crippen LogP contribution is 2.45. The first kappa shape index (κ1) is 10.8. The maximum Gasteiger partial charge on any atom is 0.240 e. The topological polar surface area (TPSA) is 32.3 Å². The van der Waals surface area contributed by atoms with Gasteiger partial charge in [-0.1, -0.05) is 30.3 Å². The van der Waals surface area contributed by atoms with Gasteiger partial charge in [0.2, 0.25) is 5.91 Å². The lowest BCUT2D eigenvalue weighted by atomic mass is 10.1. The van der Waals surface area contributed by atoms with Gasteiger partial charge in [0.25, 0.3) is 0 Å². The summed E-state index contributed by atoms with van der Waals surface area (Å²) in [5, 5.41) is 3.09. The molecule has 1 aromatic carbocycles. The number of carbonyl (C=O) groups is 1. The second-order valence-corrected chi connectivity index (χ2v) is 4.98. The Morgan fingerprint density at radius 3 is 2.71 bits per heavy atom. The van der Waals surface area contributed by atoms with E-state index in [0.717, 1.165) is 19.4 Å². The largest absolute Gasteiger partial charge is 0.338 e. The maximum atomic E-state index is 12.1. The van der Waals surface area contributed by atoms with Gasteiger partial charge >= 0.3 is 0 Å². The van der Waals surface area contributed by atoms with Crippen LogP contribution < -0.4 is 5.32 Å². The number of rotatable bonds is 3. The second-order valence-electron chi connectivity index (χ2n) is 4.98. The fourth-order valence-corrected chi connectivity index (χ4v) is 2.88. The summed E-state index contributed by atoms with van der Waals surface area (Å²) in [6.45, 7) is 0.915. The quantitative estimate of drug-likeness (QED) is 0.850. The molecule has 1 saturated carbocycles. The fraction of sp³-hybridized carbons (Fsp3) is 0.500. The van der Waals surface area contributed by atoms with Crippen LogP contribution in [0.2, 0.25) is 0 Å². The van der Waals surface area contributed by atoms with E-state index in [4.69, 9.17) is 0 Å². The summed E-state index contributed by atoms with van der Waals surface area (Å²) in [4.78, 5) is 14.1. The third-order valence-corrected chi connectivity index (χ3v) is 3.97. The number of nitrogens with one attached hydrogen (secondary N) is 1. The van der Waals surface area contributed by atoms with Crippen molar-refractivity contribution >= 4 is 5.91 Å². The lowest BCUT2D eigenvalue weighted by molar-refractivity contribution is -0.129. The van der Waals surface area contributed by atoms with Gasteiger partial charge in [0.15, 0.2) is 0 Å². The van der Waals surface area contributed by atoms with E-state index in [2.05, 4.69) is 34.5 Å². The minimum absolute atomic E-state index is 0.0482. The van der Waals surface area contributed by atoms with Crippen LogP contribution >= 0.6 is 0 Å². The van der Waals surface area contributed by atoms with Crippen LogP contribution in [-0.2, 0) is 4.79 Å². The molecule has 3 rings (SSSR count). The third kappa shape index (κ3) is 1.84. The van der Waals surface area contributed by atoms with E-state index < -0.39 is 0 Å². The van der Waals surface area contributed by atoms with Gasteiger partial charge in [-0.05, 0) is 25.5 Å². The number of amides is 1. The molecule has 1 saturated heterocycles. The molecule has 2 fully saturated rings. The van der Waals surface area contributed by atoms with Crippen LogP contribution in [0, 0.1) is 0 Å². The van der Waals surface area contributed by atoms with Crippen LogP contribution in [0.4, 0.5) is 0 Å². The molecule has 90 valence electrons. The lowest BCUT2D eigenvalue weighted by Crippen LogP contribution is -2.37. The molecular weight excluding hydrogens is 212 g/mol. The van der Waals surface area contributed by atoms with Gasteiger partial charge in [-0.25, -0.2) is 0 Å². The molecule has 0 aromatic heterocycles. The molecule has 17 heavy (non-hydrogen) atoms. The smallest absolute Gasteiger partial charge is 0.240 e. The van der Waals surface area contributed by atoms with Crippen molar-refractivity contribution < 1.29 is 4.79 Å². The zero-order valence-corrected chi connectivity index (χ0v) is 10.1. The molecule has 2 aliphatic rings. The monoisotopic (exact) mass is 230 g/mol. The average molecular weight is 230 g/mol. The van der Waals surface area contributed by atoms with E-state index in [1.165, 1.54) is 5.56 Å². The summed E-state index contributed by atoms with van der Waals surface area (Å²) in [6, 6.07) is 11.0. The minimum atomic E-state index is 0.0482. The van der Waals surface area contributed by atoms with Gasteiger partial charge in [0.1, 0.15) is 0 Å². The summed E-state index contributed by atoms with van der Waals surface area (Å²) in [5.41, 5.74) is 1.37. The van der Waals surface area contributed by atoms with Crippen molar-refractivity contribution in [2.24, 2.45) is 0 Å². The molecular formula is C14H18N2O. The van der Waals surface area contributed by atoms with Crippen LogP contribution in [-0.4, -0.2) is 36.5 Å². The highest BCUT2D eigenvalue weighted by atomic mass is 16.2. The molecule has 1 heterocycles. The molecule has 0 spiro atoms. The Balaban J connectivity index is 1.68. The third-order valence-electron chi connectivity index (χ3n) is 3.97.